The van der Waals surface area contributed by atoms with E-state index in [0.29, 0.717) is 5.82 Å². The molecule has 0 aliphatic carbocycles. The lowest BCUT2D eigenvalue weighted by Crippen LogP contribution is -2.11. The van der Waals surface area contributed by atoms with Crippen LogP contribution in [-0.2, 0) is 0 Å². The molecule has 2 N–H and O–H groups in total. The van der Waals surface area contributed by atoms with Gasteiger partial charge < -0.3 is 10.6 Å². The minimum absolute atomic E-state index is 0.656. The number of rotatable bonds is 4. The first-order valence-electron chi connectivity index (χ1n) is 5.24. The Balaban J connectivity index is 2.32. The van der Waals surface area contributed by atoms with E-state index in [1.54, 1.807) is 18.9 Å². The first-order chi connectivity index (χ1) is 8.26. The van der Waals surface area contributed by atoms with Gasteiger partial charge in [-0.15, -0.1) is 10.2 Å². The zero-order chi connectivity index (χ0) is 12.3. The lowest BCUT2D eigenvalue weighted by molar-refractivity contribution is 0.415. The average molecular weight is 250 g/mol. The van der Waals surface area contributed by atoms with Crippen molar-refractivity contribution in [3.63, 3.8) is 0 Å². The fraction of sp³-hybridized carbons (Fsp3) is 0.273. The molecule has 0 aliphatic rings. The maximum absolute atomic E-state index is 5.93. The molecule has 0 fully saturated rings. The van der Waals surface area contributed by atoms with Crippen LogP contribution in [0.3, 0.4) is 0 Å². The molecule has 1 aromatic heterocycles. The molecule has 17 heavy (non-hydrogen) atoms. The molecule has 0 aliphatic heterocycles. The first kappa shape index (κ1) is 11.8. The molecule has 0 radical (unpaired) electrons. The second-order valence-corrected chi connectivity index (χ2v) is 4.57. The molecular formula is C11H14N4OS. The summed E-state index contributed by atoms with van der Waals surface area (Å²) in [6.07, 6.45) is 0. The maximum Gasteiger partial charge on any atom is 0.210 e. The second-order valence-electron chi connectivity index (χ2n) is 3.34. The Morgan fingerprint density at radius 1 is 1.29 bits per heavy atom. The van der Waals surface area contributed by atoms with Gasteiger partial charge in [-0.05, 0) is 30.0 Å². The summed E-state index contributed by atoms with van der Waals surface area (Å²) >= 11 is 1.56. The highest BCUT2D eigenvalue weighted by Crippen LogP contribution is 2.23. The summed E-state index contributed by atoms with van der Waals surface area (Å²) in [7, 11) is 1.64. The third kappa shape index (κ3) is 2.36. The van der Waals surface area contributed by atoms with Crippen molar-refractivity contribution >= 4 is 11.8 Å². The van der Waals surface area contributed by atoms with E-state index < -0.39 is 0 Å². The largest absolute Gasteiger partial charge is 0.497 e. The van der Waals surface area contributed by atoms with Crippen molar-refractivity contribution in [1.82, 2.24) is 14.9 Å². The molecular weight excluding hydrogens is 236 g/mol. The van der Waals surface area contributed by atoms with Gasteiger partial charge in [0, 0.05) is 5.56 Å². The monoisotopic (exact) mass is 250 g/mol. The Labute approximate surface area is 104 Å². The van der Waals surface area contributed by atoms with Crippen LogP contribution in [0.5, 0.6) is 5.75 Å². The second kappa shape index (κ2) is 5.09. The number of ether oxygens (including phenoxy) is 1. The van der Waals surface area contributed by atoms with Crippen LogP contribution < -0.4 is 10.6 Å². The number of nitrogens with two attached hydrogens (primary N) is 1. The van der Waals surface area contributed by atoms with Crippen LogP contribution in [0.15, 0.2) is 29.4 Å². The highest BCUT2D eigenvalue weighted by molar-refractivity contribution is 7.99. The van der Waals surface area contributed by atoms with Gasteiger partial charge in [0.2, 0.25) is 5.16 Å². The zero-order valence-corrected chi connectivity index (χ0v) is 10.6. The van der Waals surface area contributed by atoms with Gasteiger partial charge in [0.25, 0.3) is 0 Å². The van der Waals surface area contributed by atoms with E-state index in [-0.39, 0.29) is 0 Å². The van der Waals surface area contributed by atoms with Crippen LogP contribution in [-0.4, -0.2) is 27.7 Å². The van der Waals surface area contributed by atoms with Crippen LogP contribution in [0.4, 0.5) is 0 Å². The molecule has 0 atom stereocenters. The number of benzene rings is 1. The molecule has 2 rings (SSSR count). The maximum atomic E-state index is 5.93. The average Bonchev–Trinajstić information content (AvgIpc) is 2.72. The van der Waals surface area contributed by atoms with E-state index in [0.717, 1.165) is 22.2 Å². The predicted octanol–water partition coefficient (Wildman–Crippen LogP) is 1.78. The van der Waals surface area contributed by atoms with Crippen molar-refractivity contribution in [3.05, 3.63) is 24.3 Å². The van der Waals surface area contributed by atoms with Gasteiger partial charge in [0.15, 0.2) is 5.82 Å². The number of hydrogen-bond donors (Lipinski definition) is 1. The van der Waals surface area contributed by atoms with Gasteiger partial charge in [0.1, 0.15) is 5.75 Å². The lowest BCUT2D eigenvalue weighted by Gasteiger charge is -2.03. The van der Waals surface area contributed by atoms with E-state index in [9.17, 15) is 0 Å². The van der Waals surface area contributed by atoms with Crippen LogP contribution in [0, 0.1) is 0 Å². The molecule has 1 heterocycles. The third-order valence-corrected chi connectivity index (χ3v) is 3.11. The standard InChI is InChI=1S/C11H14N4OS/c1-3-17-11-14-13-10(15(11)12)8-4-6-9(16-2)7-5-8/h4-7H,3,12H2,1-2H3. The molecule has 0 bridgehead atoms. The molecule has 0 unspecified atom stereocenters. The van der Waals surface area contributed by atoms with Crippen molar-refractivity contribution < 1.29 is 4.74 Å². The predicted molar refractivity (Wildman–Crippen MR) is 68.6 cm³/mol. The molecule has 0 saturated carbocycles. The smallest absolute Gasteiger partial charge is 0.210 e. The summed E-state index contributed by atoms with van der Waals surface area (Å²) in [5.74, 6) is 8.31. The summed E-state index contributed by atoms with van der Waals surface area (Å²) in [5.41, 5.74) is 0.920. The number of aromatic nitrogens is 3. The molecule has 0 spiro atoms. The number of nitrogens with zero attached hydrogens (tertiary/aromatic N) is 3. The SMILES string of the molecule is CCSc1nnc(-c2ccc(OC)cc2)n1N. The van der Waals surface area contributed by atoms with Crippen molar-refractivity contribution in [1.29, 1.82) is 0 Å². The number of nitrogen functional groups attached to an aromatic ring is 1. The Bertz CT molecular complexity index is 495. The molecule has 0 amide bonds. The fourth-order valence-electron chi connectivity index (χ4n) is 1.44. The van der Waals surface area contributed by atoms with Crippen molar-refractivity contribution in [2.75, 3.05) is 18.7 Å². The summed E-state index contributed by atoms with van der Waals surface area (Å²) in [4.78, 5) is 0. The van der Waals surface area contributed by atoms with Gasteiger partial charge in [0.05, 0.1) is 7.11 Å². The number of hydrogen-bond acceptors (Lipinski definition) is 5. The Kier molecular flexibility index (Phi) is 3.53. The molecule has 2 aromatic rings. The van der Waals surface area contributed by atoms with Crippen LogP contribution in [0.25, 0.3) is 11.4 Å². The van der Waals surface area contributed by atoms with Gasteiger partial charge in [-0.2, -0.15) is 0 Å². The van der Waals surface area contributed by atoms with Crippen LogP contribution >= 0.6 is 11.8 Å². The van der Waals surface area contributed by atoms with Crippen LogP contribution in [0.1, 0.15) is 6.92 Å². The minimum atomic E-state index is 0.656. The van der Waals surface area contributed by atoms with Gasteiger partial charge in [-0.3, -0.25) is 0 Å². The van der Waals surface area contributed by atoms with Crippen molar-refractivity contribution in [2.45, 2.75) is 12.1 Å². The van der Waals surface area contributed by atoms with Gasteiger partial charge >= 0.3 is 0 Å². The van der Waals surface area contributed by atoms with Crippen molar-refractivity contribution in [3.8, 4) is 17.1 Å². The summed E-state index contributed by atoms with van der Waals surface area (Å²) in [5, 5.41) is 8.85. The quantitative estimate of drug-likeness (QED) is 0.662. The summed E-state index contributed by atoms with van der Waals surface area (Å²) < 4.78 is 6.61. The third-order valence-electron chi connectivity index (χ3n) is 2.29. The lowest BCUT2D eigenvalue weighted by atomic mass is 10.2. The normalized spacial score (nSPS) is 10.5. The molecule has 5 nitrogen and oxygen atoms in total. The highest BCUT2D eigenvalue weighted by atomic mass is 32.2. The van der Waals surface area contributed by atoms with E-state index in [4.69, 9.17) is 10.6 Å². The highest BCUT2D eigenvalue weighted by Gasteiger charge is 2.11. The van der Waals surface area contributed by atoms with E-state index in [2.05, 4.69) is 10.2 Å². The zero-order valence-electron chi connectivity index (χ0n) is 9.75. The summed E-state index contributed by atoms with van der Waals surface area (Å²) in [6, 6.07) is 7.56. The molecule has 6 heteroatoms. The number of methoxy groups -OCH3 is 1. The number of thioether (sulfide) groups is 1. The van der Waals surface area contributed by atoms with E-state index in [1.807, 2.05) is 31.2 Å². The van der Waals surface area contributed by atoms with E-state index >= 15 is 0 Å². The Morgan fingerprint density at radius 3 is 2.59 bits per heavy atom. The minimum Gasteiger partial charge on any atom is -0.497 e. The van der Waals surface area contributed by atoms with E-state index in [1.165, 1.54) is 4.68 Å². The van der Waals surface area contributed by atoms with Crippen molar-refractivity contribution in [2.24, 2.45) is 0 Å². The Hall–Kier alpha value is -1.69. The van der Waals surface area contributed by atoms with Crippen LogP contribution in [0.2, 0.25) is 0 Å². The van der Waals surface area contributed by atoms with Gasteiger partial charge in [-0.1, -0.05) is 18.7 Å². The molecule has 90 valence electrons. The van der Waals surface area contributed by atoms with Gasteiger partial charge in [-0.25, -0.2) is 4.68 Å². The molecule has 0 saturated heterocycles. The fourth-order valence-corrected chi connectivity index (χ4v) is 2.02. The summed E-state index contributed by atoms with van der Waals surface area (Å²) in [6.45, 7) is 2.05. The molecule has 1 aromatic carbocycles. The first-order valence-corrected chi connectivity index (χ1v) is 6.22. The topological polar surface area (TPSA) is 66.0 Å². The Morgan fingerprint density at radius 2 is 2.00 bits per heavy atom.